The van der Waals surface area contributed by atoms with E-state index in [0.717, 1.165) is 17.0 Å². The third-order valence-corrected chi connectivity index (χ3v) is 2.70. The van der Waals surface area contributed by atoms with Crippen molar-refractivity contribution in [1.82, 2.24) is 15.2 Å². The Morgan fingerprint density at radius 2 is 1.94 bits per heavy atom. The van der Waals surface area contributed by atoms with Crippen molar-refractivity contribution in [2.75, 3.05) is 0 Å². The van der Waals surface area contributed by atoms with Gasteiger partial charge in [0.05, 0.1) is 11.4 Å². The van der Waals surface area contributed by atoms with Gasteiger partial charge in [-0.05, 0) is 38.5 Å². The van der Waals surface area contributed by atoms with Gasteiger partial charge in [0.15, 0.2) is 5.75 Å². The van der Waals surface area contributed by atoms with E-state index in [9.17, 15) is 0 Å². The second kappa shape index (κ2) is 4.80. The maximum absolute atomic E-state index is 9.16. The largest absolute Gasteiger partial charge is 0.435 e. The van der Waals surface area contributed by atoms with Gasteiger partial charge in [-0.25, -0.2) is 0 Å². The van der Waals surface area contributed by atoms with Crippen LogP contribution in [0.25, 0.3) is 0 Å². The van der Waals surface area contributed by atoms with E-state index in [1.807, 2.05) is 20.8 Å². The Balaban J connectivity index is 2.45. The van der Waals surface area contributed by atoms with Gasteiger partial charge in [-0.1, -0.05) is 0 Å². The predicted octanol–water partition coefficient (Wildman–Crippen LogP) is 2.46. The molecule has 0 saturated carbocycles. The topological polar surface area (TPSA) is 71.7 Å². The fraction of sp³-hybridized carbons (Fsp3) is 0.231. The number of ether oxygens (including phenoxy) is 1. The summed E-state index contributed by atoms with van der Waals surface area (Å²) in [5.41, 5.74) is 2.65. The molecule has 0 bridgehead atoms. The number of hydrogen-bond acceptors (Lipinski definition) is 5. The summed E-state index contributed by atoms with van der Waals surface area (Å²) in [4.78, 5) is 4.11. The van der Waals surface area contributed by atoms with Gasteiger partial charge < -0.3 is 4.74 Å². The number of nitrogens with zero attached hydrogens (tertiary/aromatic N) is 4. The van der Waals surface area contributed by atoms with Crippen LogP contribution in [0.3, 0.4) is 0 Å². The van der Waals surface area contributed by atoms with Crippen LogP contribution >= 0.6 is 0 Å². The summed E-state index contributed by atoms with van der Waals surface area (Å²) in [7, 11) is 0. The molecule has 0 spiro atoms. The van der Waals surface area contributed by atoms with Gasteiger partial charge in [0.2, 0.25) is 0 Å². The first-order chi connectivity index (χ1) is 8.63. The summed E-state index contributed by atoms with van der Waals surface area (Å²) in [6.07, 6.45) is 1.68. The average Bonchev–Trinajstić information content (AvgIpc) is 2.37. The van der Waals surface area contributed by atoms with Crippen molar-refractivity contribution in [2.45, 2.75) is 20.8 Å². The quantitative estimate of drug-likeness (QED) is 0.806. The highest BCUT2D eigenvalue weighted by Gasteiger charge is 2.13. The Morgan fingerprint density at radius 1 is 1.17 bits per heavy atom. The Kier molecular flexibility index (Phi) is 3.20. The van der Waals surface area contributed by atoms with E-state index in [1.165, 1.54) is 0 Å². The monoisotopic (exact) mass is 240 g/mol. The zero-order chi connectivity index (χ0) is 13.1. The van der Waals surface area contributed by atoms with Crippen molar-refractivity contribution >= 4 is 0 Å². The lowest BCUT2D eigenvalue weighted by Gasteiger charge is -2.09. The lowest BCUT2D eigenvalue weighted by atomic mass is 10.1. The van der Waals surface area contributed by atoms with Crippen LogP contribution < -0.4 is 4.74 Å². The molecule has 0 N–H and O–H groups in total. The maximum atomic E-state index is 9.16. The molecule has 2 aromatic rings. The van der Waals surface area contributed by atoms with E-state index < -0.39 is 0 Å². The first-order valence-corrected chi connectivity index (χ1v) is 5.47. The summed E-state index contributed by atoms with van der Waals surface area (Å²) in [6.45, 7) is 5.46. The minimum absolute atomic E-state index is 0.219. The molecule has 5 heteroatoms. The molecule has 0 aliphatic rings. The van der Waals surface area contributed by atoms with E-state index >= 15 is 0 Å². The summed E-state index contributed by atoms with van der Waals surface area (Å²) >= 11 is 0. The summed E-state index contributed by atoms with van der Waals surface area (Å²) in [5.74, 6) is 0.795. The summed E-state index contributed by atoms with van der Waals surface area (Å²) in [6, 6.07) is 5.64. The smallest absolute Gasteiger partial charge is 0.257 e. The van der Waals surface area contributed by atoms with Crippen LogP contribution in [-0.2, 0) is 0 Å². The molecule has 0 unspecified atom stereocenters. The van der Waals surface area contributed by atoms with Gasteiger partial charge in [-0.15, -0.1) is 5.10 Å². The van der Waals surface area contributed by atoms with Crippen LogP contribution in [-0.4, -0.2) is 15.2 Å². The molecule has 0 aromatic carbocycles. The third-order valence-electron chi connectivity index (χ3n) is 2.70. The fourth-order valence-corrected chi connectivity index (χ4v) is 1.47. The highest BCUT2D eigenvalue weighted by molar-refractivity contribution is 5.46. The molecule has 18 heavy (non-hydrogen) atoms. The van der Waals surface area contributed by atoms with Crippen molar-refractivity contribution in [1.29, 1.82) is 5.26 Å². The van der Waals surface area contributed by atoms with Crippen LogP contribution in [0, 0.1) is 32.1 Å². The predicted molar refractivity (Wildman–Crippen MR) is 65.3 cm³/mol. The second-order valence-electron chi connectivity index (χ2n) is 3.89. The summed E-state index contributed by atoms with van der Waals surface area (Å²) < 4.78 is 5.61. The fourth-order valence-electron chi connectivity index (χ4n) is 1.47. The van der Waals surface area contributed by atoms with E-state index in [1.54, 1.807) is 18.3 Å². The van der Waals surface area contributed by atoms with Crippen LogP contribution in [0.15, 0.2) is 18.3 Å². The average molecular weight is 240 g/mol. The highest BCUT2D eigenvalue weighted by atomic mass is 16.5. The molecule has 0 fully saturated rings. The third kappa shape index (κ3) is 2.13. The van der Waals surface area contributed by atoms with Crippen molar-refractivity contribution < 1.29 is 4.74 Å². The van der Waals surface area contributed by atoms with Crippen molar-refractivity contribution in [3.8, 4) is 17.7 Å². The molecule has 5 nitrogen and oxygen atoms in total. The van der Waals surface area contributed by atoms with Gasteiger partial charge >= 0.3 is 0 Å². The number of aryl methyl sites for hydroxylation is 2. The van der Waals surface area contributed by atoms with Crippen molar-refractivity contribution in [3.63, 3.8) is 0 Å². The Bertz CT molecular complexity index is 631. The van der Waals surface area contributed by atoms with Crippen molar-refractivity contribution in [3.05, 3.63) is 40.8 Å². The number of hydrogen-bond donors (Lipinski definition) is 0. The molecule has 0 atom stereocenters. The molecule has 2 heterocycles. The molecular formula is C13H12N4O. The van der Waals surface area contributed by atoms with E-state index in [0.29, 0.717) is 11.3 Å². The Hall–Kier alpha value is -2.48. The Morgan fingerprint density at radius 3 is 2.61 bits per heavy atom. The first-order valence-electron chi connectivity index (χ1n) is 5.47. The van der Waals surface area contributed by atoms with Gasteiger partial charge in [0.25, 0.3) is 5.88 Å². The first kappa shape index (κ1) is 12.0. The maximum Gasteiger partial charge on any atom is 0.257 e. The van der Waals surface area contributed by atoms with Crippen LogP contribution in [0.2, 0.25) is 0 Å². The zero-order valence-electron chi connectivity index (χ0n) is 10.4. The van der Waals surface area contributed by atoms with E-state index in [2.05, 4.69) is 21.3 Å². The number of pyridine rings is 1. The van der Waals surface area contributed by atoms with Crippen molar-refractivity contribution in [2.24, 2.45) is 0 Å². The molecular weight excluding hydrogens is 228 g/mol. The highest BCUT2D eigenvalue weighted by Crippen LogP contribution is 2.26. The van der Waals surface area contributed by atoms with Gasteiger partial charge in [0.1, 0.15) is 11.6 Å². The number of rotatable bonds is 2. The minimum Gasteiger partial charge on any atom is -0.435 e. The van der Waals surface area contributed by atoms with E-state index in [4.69, 9.17) is 10.00 Å². The normalized spacial score (nSPS) is 9.89. The standard InChI is InChI=1S/C13H12N4O/c1-8-9(2)16-17-13(11(8)7-14)18-12-5-4-6-15-10(12)3/h4-6H,1-3H3. The molecule has 90 valence electrons. The van der Waals surface area contributed by atoms with Gasteiger partial charge in [0, 0.05) is 6.20 Å². The molecule has 0 radical (unpaired) electrons. The zero-order valence-corrected chi connectivity index (χ0v) is 10.4. The molecule has 0 aliphatic carbocycles. The van der Waals surface area contributed by atoms with Gasteiger partial charge in [-0.2, -0.15) is 10.4 Å². The Labute approximate surface area is 105 Å². The van der Waals surface area contributed by atoms with Crippen LogP contribution in [0.1, 0.15) is 22.5 Å². The number of aromatic nitrogens is 3. The van der Waals surface area contributed by atoms with Crippen LogP contribution in [0.4, 0.5) is 0 Å². The van der Waals surface area contributed by atoms with E-state index in [-0.39, 0.29) is 5.88 Å². The lowest BCUT2D eigenvalue weighted by molar-refractivity contribution is 0.446. The van der Waals surface area contributed by atoms with Gasteiger partial charge in [-0.3, -0.25) is 4.98 Å². The summed E-state index contributed by atoms with van der Waals surface area (Å²) in [5, 5.41) is 17.0. The lowest BCUT2D eigenvalue weighted by Crippen LogP contribution is -2.01. The second-order valence-corrected chi connectivity index (χ2v) is 3.89. The number of nitriles is 1. The molecule has 0 aliphatic heterocycles. The molecule has 0 saturated heterocycles. The minimum atomic E-state index is 0.219. The SMILES string of the molecule is Cc1ncccc1Oc1nnc(C)c(C)c1C#N. The molecule has 2 aromatic heterocycles. The molecule has 2 rings (SSSR count). The van der Waals surface area contributed by atoms with Crippen LogP contribution in [0.5, 0.6) is 11.6 Å². The molecule has 0 amide bonds.